The molecule has 1 aliphatic heterocycles. The Morgan fingerprint density at radius 3 is 2.70 bits per heavy atom. The van der Waals surface area contributed by atoms with Gasteiger partial charge in [0.1, 0.15) is 5.78 Å². The Balaban J connectivity index is 1.75. The first kappa shape index (κ1) is 13.8. The number of benzene rings is 1. The number of likely N-dealkylation sites (N-methyl/N-ethyl adjacent to an activating group) is 1. The van der Waals surface area contributed by atoms with E-state index in [1.54, 1.807) is 0 Å². The van der Waals surface area contributed by atoms with Crippen LogP contribution in [0.3, 0.4) is 0 Å². The number of hydrogen-bond donors (Lipinski definition) is 0. The number of ketones is 1. The molecule has 3 rings (SSSR count). The first-order valence-electron chi connectivity index (χ1n) is 7.74. The van der Waals surface area contributed by atoms with Crippen LogP contribution in [0.2, 0.25) is 0 Å². The molecule has 2 aliphatic rings. The molecule has 2 atom stereocenters. The lowest BCUT2D eigenvalue weighted by atomic mass is 9.99. The summed E-state index contributed by atoms with van der Waals surface area (Å²) in [6, 6.07) is 11.2. The molecule has 1 aromatic rings. The van der Waals surface area contributed by atoms with Crippen LogP contribution in [-0.2, 0) is 4.79 Å². The number of Topliss-reactive ketones (excluding diaryl/α,β-unsaturated/α-hetero) is 1. The summed E-state index contributed by atoms with van der Waals surface area (Å²) in [5, 5.41) is 0. The molecule has 0 N–H and O–H groups in total. The van der Waals surface area contributed by atoms with Crippen molar-refractivity contribution in [2.75, 3.05) is 33.2 Å². The van der Waals surface area contributed by atoms with Crippen molar-refractivity contribution in [3.63, 3.8) is 0 Å². The fraction of sp³-hybridized carbons (Fsp3) is 0.588. The van der Waals surface area contributed by atoms with Crippen LogP contribution in [0.15, 0.2) is 30.3 Å². The van der Waals surface area contributed by atoms with Gasteiger partial charge in [-0.1, -0.05) is 30.3 Å². The van der Waals surface area contributed by atoms with E-state index in [1.807, 2.05) is 0 Å². The molecule has 3 heteroatoms. The van der Waals surface area contributed by atoms with E-state index < -0.39 is 0 Å². The Morgan fingerprint density at radius 1 is 1.20 bits per heavy atom. The van der Waals surface area contributed by atoms with Gasteiger partial charge in [0.05, 0.1) is 0 Å². The summed E-state index contributed by atoms with van der Waals surface area (Å²) < 4.78 is 0. The third-order valence-electron chi connectivity index (χ3n) is 4.76. The van der Waals surface area contributed by atoms with E-state index >= 15 is 0 Å². The summed E-state index contributed by atoms with van der Waals surface area (Å²) in [5.41, 5.74) is 1.38. The van der Waals surface area contributed by atoms with Gasteiger partial charge in [-0.25, -0.2) is 0 Å². The van der Waals surface area contributed by atoms with Crippen molar-refractivity contribution in [2.45, 2.75) is 25.3 Å². The summed E-state index contributed by atoms with van der Waals surface area (Å²) in [7, 11) is 2.19. The minimum Gasteiger partial charge on any atom is -0.303 e. The summed E-state index contributed by atoms with van der Waals surface area (Å²) >= 11 is 0. The molecule has 108 valence electrons. The minimum absolute atomic E-state index is 0.282. The van der Waals surface area contributed by atoms with Crippen LogP contribution in [0.4, 0.5) is 0 Å². The third kappa shape index (κ3) is 2.94. The molecule has 20 heavy (non-hydrogen) atoms. The molecule has 1 aliphatic carbocycles. The van der Waals surface area contributed by atoms with Crippen LogP contribution in [0.1, 0.15) is 30.9 Å². The van der Waals surface area contributed by atoms with Gasteiger partial charge < -0.3 is 4.90 Å². The van der Waals surface area contributed by atoms with Gasteiger partial charge in [0, 0.05) is 44.6 Å². The monoisotopic (exact) mass is 272 g/mol. The highest BCUT2D eigenvalue weighted by Gasteiger charge is 2.32. The smallest absolute Gasteiger partial charge is 0.137 e. The number of piperazine rings is 1. The van der Waals surface area contributed by atoms with Gasteiger partial charge in [0.25, 0.3) is 0 Å². The number of rotatable bonds is 3. The van der Waals surface area contributed by atoms with Gasteiger partial charge in [-0.2, -0.15) is 0 Å². The lowest BCUT2D eigenvalue weighted by Crippen LogP contribution is -2.48. The third-order valence-corrected chi connectivity index (χ3v) is 4.76. The van der Waals surface area contributed by atoms with Crippen molar-refractivity contribution >= 4 is 5.78 Å². The zero-order valence-corrected chi connectivity index (χ0v) is 12.3. The fourth-order valence-electron chi connectivity index (χ4n) is 3.53. The van der Waals surface area contributed by atoms with Crippen LogP contribution in [-0.4, -0.2) is 48.8 Å². The molecule has 2 unspecified atom stereocenters. The summed E-state index contributed by atoms with van der Waals surface area (Å²) in [5.74, 6) is 0.764. The van der Waals surface area contributed by atoms with Gasteiger partial charge in [0.2, 0.25) is 0 Å². The van der Waals surface area contributed by atoms with Crippen LogP contribution in [0.25, 0.3) is 0 Å². The highest BCUT2D eigenvalue weighted by Crippen LogP contribution is 2.29. The molecule has 3 nitrogen and oxygen atoms in total. The predicted octanol–water partition coefficient (Wildman–Crippen LogP) is 2.34. The lowest BCUT2D eigenvalue weighted by molar-refractivity contribution is -0.121. The number of carbonyl (C=O) groups excluding carboxylic acids is 1. The zero-order chi connectivity index (χ0) is 13.9. The normalized spacial score (nSPS) is 28.9. The Hall–Kier alpha value is -1.19. The topological polar surface area (TPSA) is 23.6 Å². The van der Waals surface area contributed by atoms with E-state index in [4.69, 9.17) is 0 Å². The van der Waals surface area contributed by atoms with Gasteiger partial charge >= 0.3 is 0 Å². The quantitative estimate of drug-likeness (QED) is 0.844. The molecular weight excluding hydrogens is 248 g/mol. The molecule has 1 saturated heterocycles. The lowest BCUT2D eigenvalue weighted by Gasteiger charge is -2.41. The first-order chi connectivity index (χ1) is 9.74. The van der Waals surface area contributed by atoms with Crippen LogP contribution in [0.5, 0.6) is 0 Å². The molecule has 0 bridgehead atoms. The van der Waals surface area contributed by atoms with Crippen molar-refractivity contribution in [1.29, 1.82) is 0 Å². The molecule has 0 spiro atoms. The number of nitrogens with zero attached hydrogens (tertiary/aromatic N) is 2. The van der Waals surface area contributed by atoms with Gasteiger partial charge in [-0.3, -0.25) is 9.69 Å². The maximum atomic E-state index is 11.9. The highest BCUT2D eigenvalue weighted by atomic mass is 16.1. The van der Waals surface area contributed by atoms with E-state index in [0.29, 0.717) is 11.8 Å². The van der Waals surface area contributed by atoms with E-state index in [2.05, 4.69) is 47.2 Å². The van der Waals surface area contributed by atoms with Crippen molar-refractivity contribution in [3.05, 3.63) is 35.9 Å². The summed E-state index contributed by atoms with van der Waals surface area (Å²) in [6.45, 7) is 4.18. The molecule has 0 amide bonds. The maximum Gasteiger partial charge on any atom is 0.137 e. The van der Waals surface area contributed by atoms with E-state index in [9.17, 15) is 4.79 Å². The van der Waals surface area contributed by atoms with Crippen LogP contribution < -0.4 is 0 Å². The number of carbonyl (C=O) groups is 1. The second-order valence-corrected chi connectivity index (χ2v) is 6.24. The summed E-state index contributed by atoms with van der Waals surface area (Å²) in [4.78, 5) is 16.8. The molecule has 0 aromatic heterocycles. The minimum atomic E-state index is 0.282. The Kier molecular flexibility index (Phi) is 4.18. The van der Waals surface area contributed by atoms with Crippen molar-refractivity contribution < 1.29 is 4.79 Å². The molecule has 0 radical (unpaired) electrons. The molecular formula is C17H24N2O. The average Bonchev–Trinajstić information content (AvgIpc) is 2.87. The van der Waals surface area contributed by atoms with E-state index in [1.165, 1.54) is 5.56 Å². The Bertz CT molecular complexity index is 459. The van der Waals surface area contributed by atoms with Gasteiger partial charge in [-0.15, -0.1) is 0 Å². The standard InChI is InChI=1S/C17H24N2O/c1-18-10-11-19(12-15-8-5-9-17(15)20)16(13-18)14-6-3-2-4-7-14/h2-4,6-7,15-16H,5,8-13H2,1H3. The summed E-state index contributed by atoms with van der Waals surface area (Å²) in [6.07, 6.45) is 2.98. The zero-order valence-electron chi connectivity index (χ0n) is 12.3. The maximum absolute atomic E-state index is 11.9. The second kappa shape index (κ2) is 6.06. The Morgan fingerprint density at radius 2 is 2.00 bits per heavy atom. The molecule has 2 fully saturated rings. The fourth-order valence-corrected chi connectivity index (χ4v) is 3.53. The van der Waals surface area contributed by atoms with Crippen molar-refractivity contribution in [2.24, 2.45) is 5.92 Å². The Labute approximate surface area is 121 Å². The second-order valence-electron chi connectivity index (χ2n) is 6.24. The van der Waals surface area contributed by atoms with Gasteiger partial charge in [-0.05, 0) is 25.5 Å². The molecule has 1 heterocycles. The van der Waals surface area contributed by atoms with Crippen molar-refractivity contribution in [1.82, 2.24) is 9.80 Å². The molecule has 1 saturated carbocycles. The van der Waals surface area contributed by atoms with Crippen LogP contribution in [0, 0.1) is 5.92 Å². The van der Waals surface area contributed by atoms with Crippen molar-refractivity contribution in [3.8, 4) is 0 Å². The average molecular weight is 272 g/mol. The SMILES string of the molecule is CN1CCN(CC2CCCC2=O)C(c2ccccc2)C1. The number of hydrogen-bond acceptors (Lipinski definition) is 3. The first-order valence-corrected chi connectivity index (χ1v) is 7.74. The van der Waals surface area contributed by atoms with Crippen LogP contribution >= 0.6 is 0 Å². The van der Waals surface area contributed by atoms with E-state index in [0.717, 1.165) is 45.4 Å². The van der Waals surface area contributed by atoms with Gasteiger partial charge in [0.15, 0.2) is 0 Å². The molecule has 1 aromatic carbocycles. The van der Waals surface area contributed by atoms with E-state index in [-0.39, 0.29) is 5.92 Å². The predicted molar refractivity (Wildman–Crippen MR) is 80.6 cm³/mol. The largest absolute Gasteiger partial charge is 0.303 e. The highest BCUT2D eigenvalue weighted by molar-refractivity contribution is 5.83.